The number of nitrogens with one attached hydrogen (secondary N) is 2. The second-order valence-corrected chi connectivity index (χ2v) is 8.39. The molecule has 9 heteroatoms. The van der Waals surface area contributed by atoms with E-state index in [1.54, 1.807) is 11.8 Å². The number of hydrogen-bond acceptors (Lipinski definition) is 8. The topological polar surface area (TPSA) is 106 Å². The number of hydrogen-bond donors (Lipinski definition) is 2. The van der Waals surface area contributed by atoms with Crippen LogP contribution in [0.15, 0.2) is 6.20 Å². The summed E-state index contributed by atoms with van der Waals surface area (Å²) in [6, 6.07) is 0.0832. The highest BCUT2D eigenvalue weighted by Gasteiger charge is 2.29. The Morgan fingerprint density at radius 2 is 2.07 bits per heavy atom. The number of carbonyl (C=O) groups excluding carboxylic acids is 2. The zero-order valence-corrected chi connectivity index (χ0v) is 18.2. The Morgan fingerprint density at radius 3 is 2.69 bits per heavy atom. The van der Waals surface area contributed by atoms with E-state index in [2.05, 4.69) is 20.6 Å². The Balaban J connectivity index is 2.17. The van der Waals surface area contributed by atoms with Gasteiger partial charge in [0.15, 0.2) is 0 Å². The van der Waals surface area contributed by atoms with Crippen molar-refractivity contribution < 1.29 is 19.1 Å². The Kier molecular flexibility index (Phi) is 7.64. The summed E-state index contributed by atoms with van der Waals surface area (Å²) in [5.74, 6) is 0.346. The van der Waals surface area contributed by atoms with Gasteiger partial charge in [0.25, 0.3) is 0 Å². The first-order valence-electron chi connectivity index (χ1n) is 10.1. The number of rotatable bonds is 6. The molecule has 2 rings (SSSR count). The van der Waals surface area contributed by atoms with Crippen LogP contribution in [0.2, 0.25) is 0 Å². The molecule has 0 spiro atoms. The first kappa shape index (κ1) is 22.7. The first-order valence-corrected chi connectivity index (χ1v) is 10.1. The standard InChI is InChI=1S/C20H33N5O4/c1-7-28-17(26)15-11-21-18(22-13(2)3)24-16(15)23-14-9-8-10-25(12-14)19(27)29-20(4,5)6/h11,13-14H,7-10,12H2,1-6H3,(H2,21,22,23,24). The lowest BCUT2D eigenvalue weighted by Gasteiger charge is -2.34. The van der Waals surface area contributed by atoms with E-state index in [0.29, 0.717) is 24.9 Å². The van der Waals surface area contributed by atoms with E-state index in [-0.39, 0.29) is 30.3 Å². The Bertz CT molecular complexity index is 717. The fourth-order valence-electron chi connectivity index (χ4n) is 2.96. The molecule has 1 atom stereocenters. The lowest BCUT2D eigenvalue weighted by Crippen LogP contribution is -2.47. The van der Waals surface area contributed by atoms with Crippen LogP contribution in [0.4, 0.5) is 16.6 Å². The van der Waals surface area contributed by atoms with Gasteiger partial charge < -0.3 is 25.0 Å². The van der Waals surface area contributed by atoms with Crippen molar-refractivity contribution in [3.63, 3.8) is 0 Å². The molecule has 9 nitrogen and oxygen atoms in total. The number of piperidine rings is 1. The predicted molar refractivity (Wildman–Crippen MR) is 111 cm³/mol. The van der Waals surface area contributed by atoms with Crippen LogP contribution in [0.3, 0.4) is 0 Å². The number of amides is 1. The van der Waals surface area contributed by atoms with Gasteiger partial charge in [-0.1, -0.05) is 0 Å². The molecule has 0 radical (unpaired) electrons. The molecule has 2 heterocycles. The number of carbonyl (C=O) groups is 2. The van der Waals surface area contributed by atoms with Crippen molar-refractivity contribution in [3.05, 3.63) is 11.8 Å². The molecular weight excluding hydrogens is 374 g/mol. The summed E-state index contributed by atoms with van der Waals surface area (Å²) in [5, 5.41) is 6.44. The second-order valence-electron chi connectivity index (χ2n) is 8.39. The van der Waals surface area contributed by atoms with Crippen molar-refractivity contribution in [2.24, 2.45) is 0 Å². The first-order chi connectivity index (χ1) is 13.6. The SMILES string of the molecule is CCOC(=O)c1cnc(NC(C)C)nc1NC1CCCN(C(=O)OC(C)(C)C)C1. The summed E-state index contributed by atoms with van der Waals surface area (Å²) >= 11 is 0. The summed E-state index contributed by atoms with van der Waals surface area (Å²) in [6.45, 7) is 12.6. The molecule has 1 saturated heterocycles. The highest BCUT2D eigenvalue weighted by Crippen LogP contribution is 2.21. The van der Waals surface area contributed by atoms with Crippen LogP contribution < -0.4 is 10.6 Å². The van der Waals surface area contributed by atoms with Gasteiger partial charge in [0.05, 0.1) is 6.61 Å². The number of esters is 1. The van der Waals surface area contributed by atoms with Crippen LogP contribution in [0.5, 0.6) is 0 Å². The highest BCUT2D eigenvalue weighted by atomic mass is 16.6. The van der Waals surface area contributed by atoms with Crippen LogP contribution in [0.25, 0.3) is 0 Å². The van der Waals surface area contributed by atoms with Gasteiger partial charge in [0.2, 0.25) is 5.95 Å². The fourth-order valence-corrected chi connectivity index (χ4v) is 2.96. The van der Waals surface area contributed by atoms with E-state index in [0.717, 1.165) is 12.8 Å². The van der Waals surface area contributed by atoms with Crippen molar-refractivity contribution in [3.8, 4) is 0 Å². The highest BCUT2D eigenvalue weighted by molar-refractivity contribution is 5.94. The van der Waals surface area contributed by atoms with Gasteiger partial charge in [-0.05, 0) is 54.4 Å². The van der Waals surface area contributed by atoms with Gasteiger partial charge in [-0.15, -0.1) is 0 Å². The molecular formula is C20H33N5O4. The fraction of sp³-hybridized carbons (Fsp3) is 0.700. The van der Waals surface area contributed by atoms with Crippen LogP contribution in [0, 0.1) is 0 Å². The monoisotopic (exact) mass is 407 g/mol. The van der Waals surface area contributed by atoms with Crippen molar-refractivity contribution >= 4 is 23.8 Å². The third-order valence-electron chi connectivity index (χ3n) is 4.12. The van der Waals surface area contributed by atoms with Gasteiger partial charge >= 0.3 is 12.1 Å². The maximum absolute atomic E-state index is 12.4. The van der Waals surface area contributed by atoms with Crippen molar-refractivity contribution in [1.29, 1.82) is 0 Å². The largest absolute Gasteiger partial charge is 0.462 e. The van der Waals surface area contributed by atoms with Crippen LogP contribution in [-0.2, 0) is 9.47 Å². The lowest BCUT2D eigenvalue weighted by molar-refractivity contribution is 0.0205. The van der Waals surface area contributed by atoms with Crippen LogP contribution in [0.1, 0.15) is 64.7 Å². The summed E-state index contributed by atoms with van der Waals surface area (Å²) < 4.78 is 10.6. The molecule has 2 N–H and O–H groups in total. The second kappa shape index (κ2) is 9.76. The number of aromatic nitrogens is 2. The van der Waals surface area contributed by atoms with E-state index in [1.165, 1.54) is 6.20 Å². The minimum Gasteiger partial charge on any atom is -0.462 e. The Labute approximate surface area is 172 Å². The average Bonchev–Trinajstić information content (AvgIpc) is 2.60. The molecule has 1 unspecified atom stereocenters. The quantitative estimate of drug-likeness (QED) is 0.692. The van der Waals surface area contributed by atoms with Crippen molar-refractivity contribution in [2.75, 3.05) is 30.3 Å². The Morgan fingerprint density at radius 1 is 1.34 bits per heavy atom. The molecule has 0 saturated carbocycles. The van der Waals surface area contributed by atoms with Crippen molar-refractivity contribution in [2.45, 2.75) is 72.1 Å². The molecule has 29 heavy (non-hydrogen) atoms. The summed E-state index contributed by atoms with van der Waals surface area (Å²) in [5.41, 5.74) is -0.269. The van der Waals surface area contributed by atoms with E-state index in [9.17, 15) is 9.59 Å². The number of ether oxygens (including phenoxy) is 2. The smallest absolute Gasteiger partial charge is 0.410 e. The van der Waals surface area contributed by atoms with E-state index in [1.807, 2.05) is 34.6 Å². The average molecular weight is 408 g/mol. The zero-order chi connectivity index (χ0) is 21.6. The van der Waals surface area contributed by atoms with Gasteiger partial charge in [0, 0.05) is 31.4 Å². The molecule has 0 aliphatic carbocycles. The van der Waals surface area contributed by atoms with E-state index < -0.39 is 11.6 Å². The van der Waals surface area contributed by atoms with Gasteiger partial charge in [-0.3, -0.25) is 0 Å². The molecule has 0 bridgehead atoms. The van der Waals surface area contributed by atoms with Gasteiger partial charge in [0.1, 0.15) is 17.0 Å². The maximum atomic E-state index is 12.4. The zero-order valence-electron chi connectivity index (χ0n) is 18.2. The summed E-state index contributed by atoms with van der Waals surface area (Å²) in [7, 11) is 0. The van der Waals surface area contributed by atoms with Gasteiger partial charge in [-0.2, -0.15) is 4.98 Å². The minimum absolute atomic E-state index is 0.0637. The molecule has 1 amide bonds. The summed E-state index contributed by atoms with van der Waals surface area (Å²) in [6.07, 6.45) is 2.80. The molecule has 1 aromatic rings. The number of nitrogens with zero attached hydrogens (tertiary/aromatic N) is 3. The summed E-state index contributed by atoms with van der Waals surface area (Å²) in [4.78, 5) is 35.1. The lowest BCUT2D eigenvalue weighted by atomic mass is 10.1. The van der Waals surface area contributed by atoms with E-state index in [4.69, 9.17) is 9.47 Å². The molecule has 1 fully saturated rings. The third kappa shape index (κ3) is 7.07. The normalized spacial score (nSPS) is 17.1. The predicted octanol–water partition coefficient (Wildman–Crippen LogP) is 3.29. The van der Waals surface area contributed by atoms with Gasteiger partial charge in [-0.25, -0.2) is 14.6 Å². The van der Waals surface area contributed by atoms with Crippen LogP contribution in [-0.4, -0.2) is 64.3 Å². The molecule has 1 aliphatic heterocycles. The van der Waals surface area contributed by atoms with Crippen LogP contribution >= 0.6 is 0 Å². The number of likely N-dealkylation sites (tertiary alicyclic amines) is 1. The van der Waals surface area contributed by atoms with Crippen molar-refractivity contribution in [1.82, 2.24) is 14.9 Å². The third-order valence-corrected chi connectivity index (χ3v) is 4.12. The number of anilines is 2. The van der Waals surface area contributed by atoms with E-state index >= 15 is 0 Å². The molecule has 1 aromatic heterocycles. The molecule has 0 aromatic carbocycles. The molecule has 162 valence electrons. The Hall–Kier alpha value is -2.58. The molecule has 1 aliphatic rings. The maximum Gasteiger partial charge on any atom is 0.410 e. The minimum atomic E-state index is -0.543.